The zero-order chi connectivity index (χ0) is 20.5. The zero-order valence-corrected chi connectivity index (χ0v) is 16.5. The Morgan fingerprint density at radius 1 is 1.29 bits per heavy atom. The van der Waals surface area contributed by atoms with Gasteiger partial charge in [-0.15, -0.1) is 0 Å². The number of esters is 1. The topological polar surface area (TPSA) is 82.1 Å². The molecule has 2 fully saturated rings. The number of ether oxygens (including phenoxy) is 3. The third-order valence-corrected chi connectivity index (χ3v) is 6.24. The van der Waals surface area contributed by atoms with E-state index in [4.69, 9.17) is 9.47 Å². The molecule has 2 unspecified atom stereocenters. The maximum absolute atomic E-state index is 12.7. The molecule has 0 spiro atoms. The summed E-state index contributed by atoms with van der Waals surface area (Å²) >= 11 is 0. The van der Waals surface area contributed by atoms with E-state index in [2.05, 4.69) is 4.74 Å². The van der Waals surface area contributed by atoms with E-state index in [1.807, 2.05) is 0 Å². The van der Waals surface area contributed by atoms with Gasteiger partial charge in [-0.25, -0.2) is 8.42 Å². The van der Waals surface area contributed by atoms with Crippen molar-refractivity contribution >= 4 is 16.0 Å². The number of nitrogens with zero attached hydrogens (tertiary/aromatic N) is 1. The molecule has 7 nitrogen and oxygen atoms in total. The second-order valence-electron chi connectivity index (χ2n) is 7.14. The lowest BCUT2D eigenvalue weighted by Crippen LogP contribution is -2.40. The van der Waals surface area contributed by atoms with E-state index in [1.165, 1.54) is 13.2 Å². The SMILES string of the molecule is COC(=O)C1CC(c2ccc(OC(F)F)c(OCC3CC3)c2)CN1S(C)(=O)=O. The molecule has 0 radical (unpaired) electrons. The van der Waals surface area contributed by atoms with Gasteiger partial charge in [0.05, 0.1) is 20.0 Å². The number of methoxy groups -OCH3 is 1. The highest BCUT2D eigenvalue weighted by Gasteiger charge is 2.43. The molecule has 0 bridgehead atoms. The molecule has 0 aromatic heterocycles. The van der Waals surface area contributed by atoms with Crippen molar-refractivity contribution in [2.24, 2.45) is 5.92 Å². The Kier molecular flexibility index (Phi) is 6.09. The third-order valence-electron chi connectivity index (χ3n) is 4.98. The summed E-state index contributed by atoms with van der Waals surface area (Å²) in [4.78, 5) is 12.0. The molecule has 0 amide bonds. The van der Waals surface area contributed by atoms with Crippen molar-refractivity contribution in [2.45, 2.75) is 37.8 Å². The summed E-state index contributed by atoms with van der Waals surface area (Å²) < 4.78 is 65.5. The van der Waals surface area contributed by atoms with Crippen molar-refractivity contribution < 1.29 is 36.2 Å². The summed E-state index contributed by atoms with van der Waals surface area (Å²) in [6.07, 6.45) is 3.35. The average molecular weight is 419 g/mol. The van der Waals surface area contributed by atoms with Crippen molar-refractivity contribution in [2.75, 3.05) is 26.5 Å². The van der Waals surface area contributed by atoms with Gasteiger partial charge in [-0.3, -0.25) is 4.79 Å². The van der Waals surface area contributed by atoms with Crippen molar-refractivity contribution in [1.82, 2.24) is 4.31 Å². The summed E-state index contributed by atoms with van der Waals surface area (Å²) in [5.74, 6) is -0.392. The molecular weight excluding hydrogens is 396 g/mol. The molecule has 1 aromatic carbocycles. The van der Waals surface area contributed by atoms with Crippen LogP contribution in [0, 0.1) is 5.92 Å². The Bertz CT molecular complexity index is 827. The lowest BCUT2D eigenvalue weighted by molar-refractivity contribution is -0.144. The van der Waals surface area contributed by atoms with Crippen LogP contribution in [0.15, 0.2) is 18.2 Å². The lowest BCUT2D eigenvalue weighted by Gasteiger charge is -2.19. The summed E-state index contributed by atoms with van der Waals surface area (Å²) in [6, 6.07) is 3.65. The third kappa shape index (κ3) is 4.91. The quantitative estimate of drug-likeness (QED) is 0.602. The van der Waals surface area contributed by atoms with Crippen LogP contribution in [-0.4, -0.2) is 57.9 Å². The fourth-order valence-corrected chi connectivity index (χ4v) is 4.43. The first-order valence-electron chi connectivity index (χ1n) is 8.95. The molecule has 1 aliphatic carbocycles. The fourth-order valence-electron chi connectivity index (χ4n) is 3.34. The molecule has 1 aromatic rings. The van der Waals surface area contributed by atoms with Gasteiger partial charge in [-0.2, -0.15) is 13.1 Å². The number of alkyl halides is 2. The van der Waals surface area contributed by atoms with Crippen LogP contribution in [-0.2, 0) is 19.6 Å². The van der Waals surface area contributed by atoms with E-state index in [0.29, 0.717) is 18.1 Å². The Balaban J connectivity index is 1.85. The second kappa shape index (κ2) is 8.20. The van der Waals surface area contributed by atoms with Crippen molar-refractivity contribution in [1.29, 1.82) is 0 Å². The highest BCUT2D eigenvalue weighted by molar-refractivity contribution is 7.88. The molecule has 0 N–H and O–H groups in total. The van der Waals surface area contributed by atoms with Crippen LogP contribution in [0.2, 0.25) is 0 Å². The van der Waals surface area contributed by atoms with E-state index in [-0.39, 0.29) is 30.4 Å². The Labute approximate surface area is 162 Å². The molecule has 1 aliphatic heterocycles. The van der Waals surface area contributed by atoms with Crippen LogP contribution in [0.3, 0.4) is 0 Å². The van der Waals surface area contributed by atoms with E-state index >= 15 is 0 Å². The van der Waals surface area contributed by atoms with Crippen LogP contribution >= 0.6 is 0 Å². The van der Waals surface area contributed by atoms with Gasteiger partial charge in [0.25, 0.3) is 0 Å². The number of carbonyl (C=O) groups is 1. The van der Waals surface area contributed by atoms with Crippen LogP contribution in [0.4, 0.5) is 8.78 Å². The molecular formula is C18H23F2NO6S. The molecule has 28 heavy (non-hydrogen) atoms. The number of halogens is 2. The molecule has 2 aliphatic rings. The first kappa shape index (κ1) is 20.8. The normalized spacial score (nSPS) is 23.0. The minimum atomic E-state index is -3.62. The van der Waals surface area contributed by atoms with E-state index in [0.717, 1.165) is 23.4 Å². The van der Waals surface area contributed by atoms with Gasteiger partial charge >= 0.3 is 12.6 Å². The van der Waals surface area contributed by atoms with Crippen molar-refractivity contribution in [3.63, 3.8) is 0 Å². The highest BCUT2D eigenvalue weighted by atomic mass is 32.2. The van der Waals surface area contributed by atoms with Gasteiger partial charge in [0.2, 0.25) is 10.0 Å². The van der Waals surface area contributed by atoms with E-state index in [1.54, 1.807) is 12.1 Å². The van der Waals surface area contributed by atoms with Gasteiger partial charge in [-0.05, 0) is 48.8 Å². The number of sulfonamides is 1. The first-order chi connectivity index (χ1) is 13.2. The molecule has 1 saturated carbocycles. The van der Waals surface area contributed by atoms with Gasteiger partial charge < -0.3 is 14.2 Å². The van der Waals surface area contributed by atoms with Gasteiger partial charge in [0.15, 0.2) is 11.5 Å². The van der Waals surface area contributed by atoms with Crippen LogP contribution in [0.25, 0.3) is 0 Å². The largest absolute Gasteiger partial charge is 0.489 e. The average Bonchev–Trinajstić information content (AvgIpc) is 3.34. The fraction of sp³-hybridized carbons (Fsp3) is 0.611. The number of hydrogen-bond acceptors (Lipinski definition) is 6. The van der Waals surface area contributed by atoms with Gasteiger partial charge in [-0.1, -0.05) is 6.07 Å². The van der Waals surface area contributed by atoms with Crippen LogP contribution in [0.1, 0.15) is 30.7 Å². The number of carbonyl (C=O) groups excluding carboxylic acids is 1. The van der Waals surface area contributed by atoms with E-state index in [9.17, 15) is 22.0 Å². The molecule has 1 heterocycles. The zero-order valence-electron chi connectivity index (χ0n) is 15.6. The Morgan fingerprint density at radius 3 is 2.57 bits per heavy atom. The number of rotatable bonds is 8. The van der Waals surface area contributed by atoms with Crippen LogP contribution in [0.5, 0.6) is 11.5 Å². The number of benzene rings is 1. The minimum Gasteiger partial charge on any atom is -0.489 e. The Hall–Kier alpha value is -1.94. The maximum Gasteiger partial charge on any atom is 0.387 e. The predicted molar refractivity (Wildman–Crippen MR) is 96.0 cm³/mol. The second-order valence-corrected chi connectivity index (χ2v) is 9.08. The monoisotopic (exact) mass is 419 g/mol. The number of hydrogen-bond donors (Lipinski definition) is 0. The summed E-state index contributed by atoms with van der Waals surface area (Å²) in [7, 11) is -2.41. The van der Waals surface area contributed by atoms with Crippen molar-refractivity contribution in [3.05, 3.63) is 23.8 Å². The van der Waals surface area contributed by atoms with Crippen LogP contribution < -0.4 is 9.47 Å². The smallest absolute Gasteiger partial charge is 0.387 e. The Morgan fingerprint density at radius 2 is 2.00 bits per heavy atom. The first-order valence-corrected chi connectivity index (χ1v) is 10.8. The molecule has 156 valence electrons. The maximum atomic E-state index is 12.7. The molecule has 10 heteroatoms. The lowest BCUT2D eigenvalue weighted by atomic mass is 9.96. The minimum absolute atomic E-state index is 0.0677. The van der Waals surface area contributed by atoms with Gasteiger partial charge in [0.1, 0.15) is 6.04 Å². The highest BCUT2D eigenvalue weighted by Crippen LogP contribution is 2.39. The summed E-state index contributed by atoms with van der Waals surface area (Å²) in [5, 5.41) is 0. The molecule has 2 atom stereocenters. The predicted octanol–water partition coefficient (Wildman–Crippen LogP) is 2.37. The summed E-state index contributed by atoms with van der Waals surface area (Å²) in [6.45, 7) is -2.48. The molecule has 1 saturated heterocycles. The standard InChI is InChI=1S/C18H23F2NO6S/c1-25-17(22)14-7-13(9-21(14)28(2,23)24)12-5-6-15(27-18(19)20)16(8-12)26-10-11-3-4-11/h5-6,8,11,13-14,18H,3-4,7,9-10H2,1-2H3. The summed E-state index contributed by atoms with van der Waals surface area (Å²) in [5.41, 5.74) is 0.687. The van der Waals surface area contributed by atoms with E-state index < -0.39 is 28.6 Å². The molecule has 3 rings (SSSR count). The van der Waals surface area contributed by atoms with Gasteiger partial charge in [0, 0.05) is 6.54 Å². The van der Waals surface area contributed by atoms with Crippen molar-refractivity contribution in [3.8, 4) is 11.5 Å².